The molecule has 1 N–H and O–H groups in total. The monoisotopic (exact) mass is 243 g/mol. The van der Waals surface area contributed by atoms with Gasteiger partial charge in [0.2, 0.25) is 0 Å². The second-order valence-electron chi connectivity index (χ2n) is 3.96. The van der Waals surface area contributed by atoms with E-state index in [4.69, 9.17) is 11.6 Å². The summed E-state index contributed by atoms with van der Waals surface area (Å²) in [5.41, 5.74) is 0. The van der Waals surface area contributed by atoms with Crippen molar-refractivity contribution in [2.45, 2.75) is 12.8 Å². The van der Waals surface area contributed by atoms with Gasteiger partial charge in [-0.05, 0) is 32.0 Å². The smallest absolute Gasteiger partial charge is 0.166 e. The molecular weight excluding hydrogens is 229 g/mol. The highest BCUT2D eigenvalue weighted by Gasteiger charge is 2.11. The summed E-state index contributed by atoms with van der Waals surface area (Å²) in [4.78, 5) is 6.27. The van der Waals surface area contributed by atoms with Gasteiger partial charge in [-0.2, -0.15) is 0 Å². The van der Waals surface area contributed by atoms with Crippen molar-refractivity contribution < 1.29 is 4.39 Å². The predicted octanol–water partition coefficient (Wildman–Crippen LogP) is 2.38. The van der Waals surface area contributed by atoms with Gasteiger partial charge in [0, 0.05) is 19.3 Å². The van der Waals surface area contributed by atoms with Crippen molar-refractivity contribution in [2.75, 3.05) is 31.5 Å². The number of hydrogen-bond donors (Lipinski definition) is 1. The second kappa shape index (κ2) is 5.46. The van der Waals surface area contributed by atoms with E-state index < -0.39 is 5.82 Å². The molecule has 0 amide bonds. The minimum absolute atomic E-state index is 0.281. The number of nitrogens with zero attached hydrogens (tertiary/aromatic N) is 2. The first-order valence-electron chi connectivity index (χ1n) is 5.53. The maximum Gasteiger partial charge on any atom is 0.166 e. The molecule has 16 heavy (non-hydrogen) atoms. The Bertz CT molecular complexity index is 353. The molecule has 0 spiro atoms. The fourth-order valence-corrected chi connectivity index (χ4v) is 2.03. The maximum absolute atomic E-state index is 13.3. The average Bonchev–Trinajstić information content (AvgIpc) is 2.74. The first kappa shape index (κ1) is 11.6. The average molecular weight is 244 g/mol. The Balaban J connectivity index is 1.80. The van der Waals surface area contributed by atoms with Gasteiger partial charge in [-0.1, -0.05) is 11.6 Å². The van der Waals surface area contributed by atoms with Crippen LogP contribution in [0.2, 0.25) is 5.02 Å². The van der Waals surface area contributed by atoms with Crippen LogP contribution in [0.1, 0.15) is 12.8 Å². The molecule has 0 aliphatic carbocycles. The highest BCUT2D eigenvalue weighted by Crippen LogP contribution is 2.15. The fourth-order valence-electron chi connectivity index (χ4n) is 1.88. The minimum atomic E-state index is -0.395. The first-order valence-corrected chi connectivity index (χ1v) is 5.91. The van der Waals surface area contributed by atoms with E-state index in [-0.39, 0.29) is 5.82 Å². The number of pyridine rings is 1. The third-order valence-electron chi connectivity index (χ3n) is 2.73. The summed E-state index contributed by atoms with van der Waals surface area (Å²) in [5, 5.41) is 3.30. The fraction of sp³-hybridized carbons (Fsp3) is 0.545. The Morgan fingerprint density at radius 2 is 2.19 bits per heavy atom. The Labute approximate surface area is 99.6 Å². The van der Waals surface area contributed by atoms with Crippen molar-refractivity contribution in [1.82, 2.24) is 9.88 Å². The van der Waals surface area contributed by atoms with E-state index in [0.29, 0.717) is 11.6 Å². The maximum atomic E-state index is 13.3. The number of hydrogen-bond acceptors (Lipinski definition) is 3. The van der Waals surface area contributed by atoms with E-state index in [2.05, 4.69) is 15.2 Å². The third-order valence-corrected chi connectivity index (χ3v) is 2.93. The van der Waals surface area contributed by atoms with Gasteiger partial charge >= 0.3 is 0 Å². The van der Waals surface area contributed by atoms with Crippen molar-refractivity contribution in [3.63, 3.8) is 0 Å². The van der Waals surface area contributed by atoms with Crippen LogP contribution in [0, 0.1) is 5.82 Å². The molecule has 1 aromatic heterocycles. The molecule has 5 heteroatoms. The zero-order valence-corrected chi connectivity index (χ0v) is 9.80. The van der Waals surface area contributed by atoms with Crippen LogP contribution in [0.5, 0.6) is 0 Å². The molecule has 88 valence electrons. The molecule has 0 aromatic carbocycles. The number of nitrogens with one attached hydrogen (secondary N) is 1. The van der Waals surface area contributed by atoms with E-state index in [9.17, 15) is 4.39 Å². The lowest BCUT2D eigenvalue weighted by Gasteiger charge is -2.15. The van der Waals surface area contributed by atoms with Crippen LogP contribution < -0.4 is 5.32 Å². The minimum Gasteiger partial charge on any atom is -0.366 e. The number of aromatic nitrogens is 1. The van der Waals surface area contributed by atoms with E-state index in [1.807, 2.05) is 0 Å². The van der Waals surface area contributed by atoms with Crippen LogP contribution in [-0.4, -0.2) is 36.1 Å². The number of anilines is 1. The third kappa shape index (κ3) is 3.06. The number of likely N-dealkylation sites (tertiary alicyclic amines) is 1. The highest BCUT2D eigenvalue weighted by molar-refractivity contribution is 6.30. The molecule has 1 aliphatic rings. The van der Waals surface area contributed by atoms with Gasteiger partial charge in [0.1, 0.15) is 0 Å². The Morgan fingerprint density at radius 3 is 2.88 bits per heavy atom. The molecular formula is C11H15ClFN3. The SMILES string of the molecule is Fc1cc(Cl)cnc1NCCN1CCCC1. The zero-order valence-electron chi connectivity index (χ0n) is 9.05. The van der Waals surface area contributed by atoms with Crippen molar-refractivity contribution in [3.8, 4) is 0 Å². The molecule has 2 rings (SSSR count). The lowest BCUT2D eigenvalue weighted by molar-refractivity contribution is 0.352. The summed E-state index contributed by atoms with van der Waals surface area (Å²) in [7, 11) is 0. The van der Waals surface area contributed by atoms with Crippen LogP contribution in [0.15, 0.2) is 12.3 Å². The zero-order chi connectivity index (χ0) is 11.4. The number of rotatable bonds is 4. The molecule has 0 bridgehead atoms. The van der Waals surface area contributed by atoms with Gasteiger partial charge in [-0.3, -0.25) is 0 Å². The Morgan fingerprint density at radius 1 is 1.44 bits per heavy atom. The van der Waals surface area contributed by atoms with Gasteiger partial charge in [0.15, 0.2) is 11.6 Å². The van der Waals surface area contributed by atoms with Crippen LogP contribution in [-0.2, 0) is 0 Å². The van der Waals surface area contributed by atoms with Gasteiger partial charge in [0.05, 0.1) is 5.02 Å². The molecule has 3 nitrogen and oxygen atoms in total. The van der Waals surface area contributed by atoms with Crippen molar-refractivity contribution >= 4 is 17.4 Å². The summed E-state index contributed by atoms with van der Waals surface area (Å²) in [5.74, 6) is -0.113. The van der Waals surface area contributed by atoms with Crippen LogP contribution in [0.3, 0.4) is 0 Å². The van der Waals surface area contributed by atoms with Gasteiger partial charge in [-0.15, -0.1) is 0 Å². The van der Waals surface area contributed by atoms with E-state index >= 15 is 0 Å². The number of halogens is 2. The standard InChI is InChI=1S/C11H15ClFN3/c12-9-7-10(13)11(15-8-9)14-3-6-16-4-1-2-5-16/h7-8H,1-6H2,(H,14,15). The molecule has 0 radical (unpaired) electrons. The first-order chi connectivity index (χ1) is 7.75. The van der Waals surface area contributed by atoms with E-state index in [1.165, 1.54) is 25.1 Å². The molecule has 1 aromatic rings. The van der Waals surface area contributed by atoms with Crippen LogP contribution in [0.25, 0.3) is 0 Å². The van der Waals surface area contributed by atoms with Crippen molar-refractivity contribution in [3.05, 3.63) is 23.1 Å². The molecule has 2 heterocycles. The predicted molar refractivity (Wildman–Crippen MR) is 63.4 cm³/mol. The van der Waals surface area contributed by atoms with Gasteiger partial charge in [-0.25, -0.2) is 9.37 Å². The molecule has 1 fully saturated rings. The van der Waals surface area contributed by atoms with Crippen molar-refractivity contribution in [1.29, 1.82) is 0 Å². The quantitative estimate of drug-likeness (QED) is 0.880. The molecule has 0 unspecified atom stereocenters. The topological polar surface area (TPSA) is 28.2 Å². The summed E-state index contributed by atoms with van der Waals surface area (Å²) in [6, 6.07) is 1.27. The van der Waals surface area contributed by atoms with E-state index in [1.54, 1.807) is 0 Å². The van der Waals surface area contributed by atoms with E-state index in [0.717, 1.165) is 19.6 Å². The largest absolute Gasteiger partial charge is 0.366 e. The summed E-state index contributed by atoms with van der Waals surface area (Å²) >= 11 is 5.62. The van der Waals surface area contributed by atoms with Crippen LogP contribution >= 0.6 is 11.6 Å². The van der Waals surface area contributed by atoms with Crippen LogP contribution in [0.4, 0.5) is 10.2 Å². The molecule has 1 aliphatic heterocycles. The lowest BCUT2D eigenvalue weighted by Crippen LogP contribution is -2.26. The normalized spacial score (nSPS) is 16.6. The van der Waals surface area contributed by atoms with Crippen molar-refractivity contribution in [2.24, 2.45) is 0 Å². The molecule has 0 saturated carbocycles. The lowest BCUT2D eigenvalue weighted by atomic mass is 10.4. The second-order valence-corrected chi connectivity index (χ2v) is 4.40. The van der Waals surface area contributed by atoms with Gasteiger partial charge in [0.25, 0.3) is 0 Å². The van der Waals surface area contributed by atoms with Gasteiger partial charge < -0.3 is 10.2 Å². The summed E-state index contributed by atoms with van der Waals surface area (Å²) < 4.78 is 13.3. The molecule has 0 atom stereocenters. The Kier molecular flexibility index (Phi) is 3.96. The molecule has 1 saturated heterocycles. The highest BCUT2D eigenvalue weighted by atomic mass is 35.5. The summed E-state index contributed by atoms with van der Waals surface area (Å²) in [6.07, 6.45) is 3.99. The Hall–Kier alpha value is -0.870. The summed E-state index contributed by atoms with van der Waals surface area (Å²) in [6.45, 7) is 3.95.